The predicted molar refractivity (Wildman–Crippen MR) is 131 cm³/mol. The number of imidazole rings is 1. The Morgan fingerprint density at radius 3 is 2.20 bits per heavy atom. The molecule has 0 unspecified atom stereocenters. The van der Waals surface area contributed by atoms with Crippen molar-refractivity contribution >= 4 is 35.0 Å². The van der Waals surface area contributed by atoms with E-state index in [4.69, 9.17) is 10.5 Å². The van der Waals surface area contributed by atoms with Gasteiger partial charge in [-0.3, -0.25) is 9.59 Å². The molecule has 0 saturated carbocycles. The van der Waals surface area contributed by atoms with Crippen LogP contribution in [0.1, 0.15) is 31.6 Å². The molecule has 0 aliphatic rings. The van der Waals surface area contributed by atoms with E-state index < -0.39 is 11.9 Å². The van der Waals surface area contributed by atoms with Gasteiger partial charge in [-0.25, -0.2) is 9.78 Å². The van der Waals surface area contributed by atoms with Gasteiger partial charge in [0.05, 0.1) is 12.8 Å². The van der Waals surface area contributed by atoms with Crippen LogP contribution in [0.2, 0.25) is 0 Å². The maximum absolute atomic E-state index is 12.9. The molecule has 0 bridgehead atoms. The van der Waals surface area contributed by atoms with Crippen molar-refractivity contribution in [3.8, 4) is 11.1 Å². The summed E-state index contributed by atoms with van der Waals surface area (Å²) in [6.07, 6.45) is 4.98. The van der Waals surface area contributed by atoms with Crippen LogP contribution < -0.4 is 16.4 Å². The Labute approximate surface area is 201 Å². The van der Waals surface area contributed by atoms with Crippen LogP contribution in [-0.4, -0.2) is 43.6 Å². The van der Waals surface area contributed by atoms with E-state index in [1.54, 1.807) is 60.9 Å². The number of hydrogen-bond acceptors (Lipinski definition) is 6. The van der Waals surface area contributed by atoms with Gasteiger partial charge in [-0.1, -0.05) is 12.1 Å². The summed E-state index contributed by atoms with van der Waals surface area (Å²) < 4.78 is 9.48. The maximum atomic E-state index is 12.9. The second-order valence-corrected chi connectivity index (χ2v) is 8.03. The summed E-state index contributed by atoms with van der Waals surface area (Å²) in [6, 6.07) is 10.6. The third-order valence-electron chi connectivity index (χ3n) is 5.46. The molecule has 0 aliphatic heterocycles. The Kier molecular flexibility index (Phi) is 6.15. The highest BCUT2D eigenvalue weighted by molar-refractivity contribution is 6.05. The molecule has 11 nitrogen and oxygen atoms in total. The molecule has 3 heterocycles. The maximum Gasteiger partial charge on any atom is 0.354 e. The van der Waals surface area contributed by atoms with E-state index in [9.17, 15) is 14.4 Å². The van der Waals surface area contributed by atoms with Crippen molar-refractivity contribution in [3.63, 3.8) is 0 Å². The van der Waals surface area contributed by atoms with Crippen molar-refractivity contribution in [2.45, 2.75) is 0 Å². The van der Waals surface area contributed by atoms with Crippen molar-refractivity contribution in [2.24, 2.45) is 21.1 Å². The number of nitrogens with zero attached hydrogens (tertiary/aromatic N) is 4. The van der Waals surface area contributed by atoms with Crippen LogP contribution in [0.4, 0.5) is 17.2 Å². The number of ether oxygens (including phenoxy) is 1. The summed E-state index contributed by atoms with van der Waals surface area (Å²) >= 11 is 0. The number of benzene rings is 1. The van der Waals surface area contributed by atoms with E-state index in [0.29, 0.717) is 17.1 Å². The lowest BCUT2D eigenvalue weighted by atomic mass is 10.1. The fourth-order valence-corrected chi connectivity index (χ4v) is 3.67. The summed E-state index contributed by atoms with van der Waals surface area (Å²) in [4.78, 5) is 41.7. The van der Waals surface area contributed by atoms with Crippen LogP contribution in [0.25, 0.3) is 11.1 Å². The first kappa shape index (κ1) is 23.4. The highest BCUT2D eigenvalue weighted by Gasteiger charge is 2.20. The molecule has 3 aromatic heterocycles. The fourth-order valence-electron chi connectivity index (χ4n) is 3.67. The highest BCUT2D eigenvalue weighted by atomic mass is 16.5. The number of carbonyl (C=O) groups is 3. The Morgan fingerprint density at radius 2 is 1.51 bits per heavy atom. The molecule has 0 saturated heterocycles. The van der Waals surface area contributed by atoms with E-state index in [0.717, 1.165) is 11.1 Å². The van der Waals surface area contributed by atoms with Gasteiger partial charge in [0.2, 0.25) is 5.82 Å². The molecule has 0 radical (unpaired) electrons. The second-order valence-electron chi connectivity index (χ2n) is 8.03. The average Bonchev–Trinajstić information content (AvgIpc) is 3.50. The number of hydrogen-bond donors (Lipinski definition) is 3. The summed E-state index contributed by atoms with van der Waals surface area (Å²) in [5.41, 5.74) is 9.33. The molecule has 0 fully saturated rings. The number of amides is 2. The minimum atomic E-state index is -0.518. The van der Waals surface area contributed by atoms with Gasteiger partial charge in [0, 0.05) is 51.0 Å². The first-order valence-corrected chi connectivity index (χ1v) is 10.6. The lowest BCUT2D eigenvalue weighted by Gasteiger charge is -2.03. The zero-order valence-corrected chi connectivity index (χ0v) is 19.7. The molecule has 0 aliphatic carbocycles. The second kappa shape index (κ2) is 9.21. The van der Waals surface area contributed by atoms with Gasteiger partial charge < -0.3 is 34.8 Å². The Hall–Kier alpha value is -4.80. The first-order chi connectivity index (χ1) is 16.7. The van der Waals surface area contributed by atoms with Crippen molar-refractivity contribution < 1.29 is 19.1 Å². The van der Waals surface area contributed by atoms with Crippen molar-refractivity contribution in [1.29, 1.82) is 0 Å². The quantitative estimate of drug-likeness (QED) is 0.289. The van der Waals surface area contributed by atoms with Gasteiger partial charge >= 0.3 is 5.97 Å². The average molecular weight is 476 g/mol. The fraction of sp³-hybridized carbons (Fsp3) is 0.167. The smallest absolute Gasteiger partial charge is 0.354 e. The van der Waals surface area contributed by atoms with Gasteiger partial charge in [-0.05, 0) is 29.8 Å². The number of nitrogen functional groups attached to an aromatic ring is 1. The largest absolute Gasteiger partial charge is 0.464 e. The number of anilines is 3. The Bertz CT molecular complexity index is 1430. The zero-order chi connectivity index (χ0) is 25.3. The SMILES string of the molecule is COC(=O)c1cc(NC(=O)c2nc(NC(=O)c3cc(-c4ccc(N)cc4)cn3C)cn2C)cn1C. The van der Waals surface area contributed by atoms with Crippen LogP contribution >= 0.6 is 0 Å². The summed E-state index contributed by atoms with van der Waals surface area (Å²) in [5, 5.41) is 5.43. The molecule has 35 heavy (non-hydrogen) atoms. The normalized spacial score (nSPS) is 10.7. The highest BCUT2D eigenvalue weighted by Crippen LogP contribution is 2.23. The van der Waals surface area contributed by atoms with Gasteiger partial charge in [0.15, 0.2) is 5.82 Å². The molecule has 4 aromatic rings. The van der Waals surface area contributed by atoms with E-state index in [1.807, 2.05) is 18.3 Å². The van der Waals surface area contributed by atoms with Crippen molar-refractivity contribution in [3.05, 3.63) is 72.2 Å². The lowest BCUT2D eigenvalue weighted by molar-refractivity contribution is 0.0589. The molecule has 4 rings (SSSR count). The number of aryl methyl sites for hydroxylation is 3. The molecule has 0 spiro atoms. The van der Waals surface area contributed by atoms with Gasteiger partial charge in [0.25, 0.3) is 11.8 Å². The molecule has 0 atom stereocenters. The minimum Gasteiger partial charge on any atom is -0.464 e. The molecule has 4 N–H and O–H groups in total. The molecule has 11 heteroatoms. The van der Waals surface area contributed by atoms with Gasteiger partial charge in [-0.15, -0.1) is 0 Å². The van der Waals surface area contributed by atoms with Crippen molar-refractivity contribution in [1.82, 2.24) is 18.7 Å². The van der Waals surface area contributed by atoms with Crippen LogP contribution in [0.5, 0.6) is 0 Å². The zero-order valence-electron chi connectivity index (χ0n) is 19.7. The summed E-state index contributed by atoms with van der Waals surface area (Å²) in [6.45, 7) is 0. The number of aromatic nitrogens is 4. The van der Waals surface area contributed by atoms with Gasteiger partial charge in [-0.2, -0.15) is 0 Å². The van der Waals surface area contributed by atoms with Crippen LogP contribution in [0.3, 0.4) is 0 Å². The number of nitrogens with one attached hydrogen (secondary N) is 2. The van der Waals surface area contributed by atoms with E-state index >= 15 is 0 Å². The number of nitrogens with two attached hydrogens (primary N) is 1. The standard InChI is InChI=1S/C24H25N7O4/c1-29-11-15(14-5-7-16(25)8-6-14)9-18(29)22(32)28-20-13-31(3)21(27-20)23(33)26-17-10-19(24(34)35-4)30(2)12-17/h5-13H,25H2,1-4H3,(H,26,33)(H,28,32). The van der Waals surface area contributed by atoms with Crippen LogP contribution in [-0.2, 0) is 25.9 Å². The predicted octanol–water partition coefficient (Wildman–Crippen LogP) is 2.64. The van der Waals surface area contributed by atoms with E-state index in [-0.39, 0.29) is 23.2 Å². The van der Waals surface area contributed by atoms with Gasteiger partial charge in [0.1, 0.15) is 11.4 Å². The lowest BCUT2D eigenvalue weighted by Crippen LogP contribution is -2.17. The first-order valence-electron chi connectivity index (χ1n) is 10.6. The number of methoxy groups -OCH3 is 1. The van der Waals surface area contributed by atoms with Crippen LogP contribution in [0, 0.1) is 0 Å². The third-order valence-corrected chi connectivity index (χ3v) is 5.46. The van der Waals surface area contributed by atoms with Crippen LogP contribution in [0.15, 0.2) is 55.0 Å². The Balaban J connectivity index is 1.48. The molecular formula is C24H25N7O4. The molecule has 180 valence electrons. The molecule has 2 amide bonds. The minimum absolute atomic E-state index is 0.0817. The topological polar surface area (TPSA) is 138 Å². The third kappa shape index (κ3) is 4.78. The summed E-state index contributed by atoms with van der Waals surface area (Å²) in [7, 11) is 6.36. The monoisotopic (exact) mass is 475 g/mol. The molecule has 1 aromatic carbocycles. The van der Waals surface area contributed by atoms with Crippen molar-refractivity contribution in [2.75, 3.05) is 23.5 Å². The Morgan fingerprint density at radius 1 is 0.829 bits per heavy atom. The summed E-state index contributed by atoms with van der Waals surface area (Å²) in [5.74, 6) is -1.08. The number of rotatable bonds is 6. The molecular weight excluding hydrogens is 450 g/mol. The van der Waals surface area contributed by atoms with E-state index in [2.05, 4.69) is 15.6 Å². The number of carbonyl (C=O) groups excluding carboxylic acids is 3. The van der Waals surface area contributed by atoms with E-state index in [1.165, 1.54) is 17.7 Å². The number of esters is 1.